The van der Waals surface area contributed by atoms with E-state index in [1.54, 1.807) is 0 Å². The lowest BCUT2D eigenvalue weighted by Gasteiger charge is -2.30. The third-order valence-corrected chi connectivity index (χ3v) is 14.5. The van der Waals surface area contributed by atoms with Gasteiger partial charge in [-0.2, -0.15) is 23.5 Å². The fourth-order valence-electron chi connectivity index (χ4n) is 7.13. The van der Waals surface area contributed by atoms with Gasteiger partial charge in [0.05, 0.1) is 0 Å². The molecule has 0 aromatic heterocycles. The minimum Gasteiger partial charge on any atom is -0.504 e. The van der Waals surface area contributed by atoms with Crippen LogP contribution in [0.3, 0.4) is 0 Å². The summed E-state index contributed by atoms with van der Waals surface area (Å²) in [6.45, 7) is 26.0. The summed E-state index contributed by atoms with van der Waals surface area (Å²) in [6.07, 6.45) is 7.23. The Balaban J connectivity index is 1.40. The number of aryl methyl sites for hydroxylation is 4. The van der Waals surface area contributed by atoms with E-state index in [0.29, 0.717) is 33.5 Å². The lowest BCUT2D eigenvalue weighted by Crippen LogP contribution is -2.22. The molecule has 292 valence electrons. The maximum Gasteiger partial charge on any atom is 0.169 e. The largest absolute Gasteiger partial charge is 0.504 e. The van der Waals surface area contributed by atoms with Gasteiger partial charge in [0.25, 0.3) is 0 Å². The van der Waals surface area contributed by atoms with Crippen LogP contribution in [0.15, 0.2) is 48.5 Å². The summed E-state index contributed by atoms with van der Waals surface area (Å²) < 4.78 is 12.9. The molecule has 2 N–H and O–H groups in total. The Bertz CT molecular complexity index is 1760. The van der Waals surface area contributed by atoms with Crippen LogP contribution in [0.1, 0.15) is 136 Å². The molecular formula is C48H64O4S2. The van der Waals surface area contributed by atoms with E-state index < -0.39 is 0 Å². The second kappa shape index (κ2) is 17.3. The van der Waals surface area contributed by atoms with E-state index in [1.165, 1.54) is 59.1 Å². The van der Waals surface area contributed by atoms with E-state index in [4.69, 9.17) is 9.47 Å². The maximum atomic E-state index is 11.7. The molecule has 0 radical (unpaired) electrons. The lowest BCUT2D eigenvalue weighted by molar-refractivity contribution is 0.405. The molecule has 0 aliphatic heterocycles. The fourth-order valence-corrected chi connectivity index (χ4v) is 10.2. The predicted octanol–water partition coefficient (Wildman–Crippen LogP) is 14.4. The van der Waals surface area contributed by atoms with Crippen LogP contribution in [0.2, 0.25) is 0 Å². The molecule has 6 heteroatoms. The van der Waals surface area contributed by atoms with Crippen LogP contribution in [-0.4, -0.2) is 20.7 Å². The Morgan fingerprint density at radius 3 is 1.17 bits per heavy atom. The van der Waals surface area contributed by atoms with Gasteiger partial charge in [0.2, 0.25) is 0 Å². The molecule has 0 saturated heterocycles. The Morgan fingerprint density at radius 2 is 0.852 bits per heavy atom. The van der Waals surface area contributed by atoms with Crippen LogP contribution in [0.4, 0.5) is 0 Å². The van der Waals surface area contributed by atoms with Gasteiger partial charge in [-0.15, -0.1) is 0 Å². The second-order valence-corrected chi connectivity index (χ2v) is 20.2. The Morgan fingerprint density at radius 1 is 0.519 bits per heavy atom. The topological polar surface area (TPSA) is 58.9 Å². The average Bonchev–Trinajstić information content (AvgIpc) is 3.07. The first-order chi connectivity index (χ1) is 25.3. The molecular weight excluding hydrogens is 705 g/mol. The van der Waals surface area contributed by atoms with Crippen molar-refractivity contribution in [2.45, 2.75) is 154 Å². The highest BCUT2D eigenvalue weighted by molar-refractivity contribution is 8.03. The molecule has 2 atom stereocenters. The molecule has 0 amide bonds. The third-order valence-electron chi connectivity index (χ3n) is 11.3. The van der Waals surface area contributed by atoms with E-state index in [-0.39, 0.29) is 22.3 Å². The van der Waals surface area contributed by atoms with Gasteiger partial charge in [0, 0.05) is 33.1 Å². The molecule has 4 nitrogen and oxygen atoms in total. The number of thioether (sulfide) groups is 2. The first-order valence-electron chi connectivity index (χ1n) is 19.8. The normalized spacial score (nSPS) is 16.9. The van der Waals surface area contributed by atoms with Gasteiger partial charge in [0.15, 0.2) is 23.0 Å². The SMILES string of the molecule is Cc1cc(Oc2cc(C(C)(C)C)cc(CS[C@H]3CCCCCC[C@@H]3SCc3cc(C(C)(C)C)cc(Oc4cc(C)c(C)c(C)c4)c3O)c2O)cc(C)c1C. The molecule has 1 aliphatic rings. The number of rotatable bonds is 10. The number of hydrogen-bond donors (Lipinski definition) is 2. The van der Waals surface area contributed by atoms with Crippen molar-refractivity contribution in [3.05, 3.63) is 104 Å². The molecule has 0 unspecified atom stereocenters. The first kappa shape index (κ1) is 41.9. The smallest absolute Gasteiger partial charge is 0.169 e. The van der Waals surface area contributed by atoms with Crippen LogP contribution in [-0.2, 0) is 22.3 Å². The lowest BCUT2D eigenvalue weighted by atomic mass is 9.86. The molecule has 4 aromatic carbocycles. The van der Waals surface area contributed by atoms with Crippen LogP contribution < -0.4 is 9.47 Å². The summed E-state index contributed by atoms with van der Waals surface area (Å²) in [5.41, 5.74) is 11.2. The van der Waals surface area contributed by atoms with Gasteiger partial charge in [-0.3, -0.25) is 0 Å². The third kappa shape index (κ3) is 10.3. The molecule has 0 spiro atoms. The van der Waals surface area contributed by atoms with Crippen molar-refractivity contribution in [3.63, 3.8) is 0 Å². The van der Waals surface area contributed by atoms with Gasteiger partial charge in [0.1, 0.15) is 11.5 Å². The van der Waals surface area contributed by atoms with Gasteiger partial charge in [-0.05, 0) is 146 Å². The first-order valence-corrected chi connectivity index (χ1v) is 21.9. The van der Waals surface area contributed by atoms with E-state index in [1.807, 2.05) is 35.7 Å². The number of phenols is 2. The van der Waals surface area contributed by atoms with Crippen molar-refractivity contribution in [1.82, 2.24) is 0 Å². The highest BCUT2D eigenvalue weighted by Gasteiger charge is 2.28. The number of phenolic OH excluding ortho intramolecular Hbond substituents is 2. The highest BCUT2D eigenvalue weighted by atomic mass is 32.2. The van der Waals surface area contributed by atoms with Crippen LogP contribution in [0.5, 0.6) is 34.5 Å². The number of hydrogen-bond acceptors (Lipinski definition) is 6. The number of aromatic hydroxyl groups is 2. The molecule has 5 rings (SSSR count). The summed E-state index contributed by atoms with van der Waals surface area (Å²) in [5, 5.41) is 24.2. The minimum absolute atomic E-state index is 0.105. The Kier molecular flexibility index (Phi) is 13.4. The summed E-state index contributed by atoms with van der Waals surface area (Å²) in [4.78, 5) is 0. The second-order valence-electron chi connectivity index (χ2n) is 17.7. The molecule has 0 heterocycles. The van der Waals surface area contributed by atoms with E-state index in [2.05, 4.69) is 119 Å². The van der Waals surface area contributed by atoms with Gasteiger partial charge in [-0.25, -0.2) is 0 Å². The number of benzene rings is 4. The molecule has 54 heavy (non-hydrogen) atoms. The number of ether oxygens (including phenoxy) is 2. The van der Waals surface area contributed by atoms with Crippen LogP contribution in [0, 0.1) is 41.5 Å². The highest BCUT2D eigenvalue weighted by Crippen LogP contribution is 2.45. The Hall–Kier alpha value is -3.22. The molecule has 0 bridgehead atoms. The zero-order chi connectivity index (χ0) is 39.5. The maximum absolute atomic E-state index is 11.7. The van der Waals surface area contributed by atoms with Crippen LogP contribution in [0.25, 0.3) is 0 Å². The zero-order valence-corrected chi connectivity index (χ0v) is 36.6. The zero-order valence-electron chi connectivity index (χ0n) is 35.0. The summed E-state index contributed by atoms with van der Waals surface area (Å²) in [7, 11) is 0. The van der Waals surface area contributed by atoms with Gasteiger partial charge >= 0.3 is 0 Å². The van der Waals surface area contributed by atoms with E-state index in [0.717, 1.165) is 46.6 Å². The predicted molar refractivity (Wildman–Crippen MR) is 233 cm³/mol. The fraction of sp³-hybridized carbons (Fsp3) is 0.500. The van der Waals surface area contributed by atoms with Crippen LogP contribution >= 0.6 is 23.5 Å². The Labute approximate surface area is 334 Å². The van der Waals surface area contributed by atoms with Crippen molar-refractivity contribution in [2.75, 3.05) is 0 Å². The monoisotopic (exact) mass is 768 g/mol. The average molecular weight is 769 g/mol. The van der Waals surface area contributed by atoms with Crippen molar-refractivity contribution in [1.29, 1.82) is 0 Å². The van der Waals surface area contributed by atoms with E-state index >= 15 is 0 Å². The quantitative estimate of drug-likeness (QED) is 0.168. The molecule has 1 fully saturated rings. The van der Waals surface area contributed by atoms with Crippen molar-refractivity contribution in [3.8, 4) is 34.5 Å². The summed E-state index contributed by atoms with van der Waals surface area (Å²) in [6, 6.07) is 16.6. The van der Waals surface area contributed by atoms with Crippen molar-refractivity contribution in [2.24, 2.45) is 0 Å². The van der Waals surface area contributed by atoms with E-state index in [9.17, 15) is 10.2 Å². The minimum atomic E-state index is -0.105. The van der Waals surface area contributed by atoms with Gasteiger partial charge < -0.3 is 19.7 Å². The molecule has 1 aliphatic carbocycles. The molecule has 1 saturated carbocycles. The summed E-state index contributed by atoms with van der Waals surface area (Å²) in [5.74, 6) is 4.43. The van der Waals surface area contributed by atoms with Gasteiger partial charge in [-0.1, -0.05) is 79.4 Å². The van der Waals surface area contributed by atoms with Crippen molar-refractivity contribution >= 4 is 23.5 Å². The van der Waals surface area contributed by atoms with Crippen molar-refractivity contribution < 1.29 is 19.7 Å². The standard InChI is InChI=1S/C48H64O4S2/c1-29-19-39(20-30(2)33(29)5)51-41-25-37(47(7,8)9)23-35(45(41)49)27-53-43-17-15-13-14-16-18-44(43)54-28-36-24-38(48(10,11)12)26-42(46(36)50)52-40-21-31(3)34(6)32(4)22-40/h19-26,43-44,49-50H,13-18,27-28H2,1-12H3/t43-,44-/m0/s1. The molecule has 4 aromatic rings. The summed E-state index contributed by atoms with van der Waals surface area (Å²) >= 11 is 3.94.